The second kappa shape index (κ2) is 56.7. The molecule has 0 saturated carbocycles. The Morgan fingerprint density at radius 2 is 0.536 bits per heavy atom. The first-order valence-corrected chi connectivity index (χ1v) is 28.4. The predicted octanol–water partition coefficient (Wildman–Crippen LogP) is 19.1. The van der Waals surface area contributed by atoms with Crippen LogP contribution in [0.3, 0.4) is 0 Å². The van der Waals surface area contributed by atoms with Crippen LogP contribution in [-0.4, -0.2) is 37.2 Å². The highest BCUT2D eigenvalue weighted by Crippen LogP contribution is 2.13. The Balaban J connectivity index is 4.56. The lowest BCUT2D eigenvalue weighted by atomic mass is 10.1. The molecule has 0 radical (unpaired) electrons. The molecule has 0 bridgehead atoms. The number of unbranched alkanes of at least 4 members (excludes halogenated alkanes) is 21. The van der Waals surface area contributed by atoms with Gasteiger partial charge in [-0.25, -0.2) is 0 Å². The van der Waals surface area contributed by atoms with E-state index in [2.05, 4.69) is 130 Å². The van der Waals surface area contributed by atoms with Crippen LogP contribution in [0.1, 0.15) is 252 Å². The number of carbonyl (C=O) groups is 3. The summed E-state index contributed by atoms with van der Waals surface area (Å²) in [5, 5.41) is 0. The number of ether oxygens (including phenoxy) is 3. The van der Waals surface area contributed by atoms with Crippen LogP contribution in [0.4, 0.5) is 0 Å². The van der Waals surface area contributed by atoms with Crippen molar-refractivity contribution in [1.82, 2.24) is 0 Å². The maximum absolute atomic E-state index is 12.8. The minimum atomic E-state index is -0.825. The second-order valence-electron chi connectivity index (χ2n) is 18.5. The minimum Gasteiger partial charge on any atom is -0.462 e. The average Bonchev–Trinajstić information content (AvgIpc) is 3.35. The lowest BCUT2D eigenvalue weighted by Crippen LogP contribution is -2.30. The van der Waals surface area contributed by atoms with Gasteiger partial charge in [0.15, 0.2) is 6.10 Å². The van der Waals surface area contributed by atoms with Crippen molar-refractivity contribution < 1.29 is 28.6 Å². The summed E-state index contributed by atoms with van der Waals surface area (Å²) in [5.74, 6) is -1.01. The molecule has 0 spiro atoms. The molecule has 0 N–H and O–H groups in total. The van der Waals surface area contributed by atoms with Crippen molar-refractivity contribution in [3.8, 4) is 0 Å². The third-order valence-electron chi connectivity index (χ3n) is 11.7. The second-order valence-corrected chi connectivity index (χ2v) is 18.5. The molecule has 6 nitrogen and oxygen atoms in total. The van der Waals surface area contributed by atoms with Crippen molar-refractivity contribution in [3.05, 3.63) is 109 Å². The van der Waals surface area contributed by atoms with Gasteiger partial charge in [0.05, 0.1) is 0 Å². The number of rotatable bonds is 50. The van der Waals surface area contributed by atoms with Gasteiger partial charge in [0.2, 0.25) is 0 Å². The van der Waals surface area contributed by atoms with Gasteiger partial charge in [-0.3, -0.25) is 14.4 Å². The predicted molar refractivity (Wildman–Crippen MR) is 297 cm³/mol. The van der Waals surface area contributed by atoms with E-state index >= 15 is 0 Å². The summed E-state index contributed by atoms with van der Waals surface area (Å²) in [5.41, 5.74) is 0. The van der Waals surface area contributed by atoms with Gasteiger partial charge in [-0.1, -0.05) is 214 Å². The summed E-state index contributed by atoms with van der Waals surface area (Å²) in [6, 6.07) is 0. The zero-order valence-corrected chi connectivity index (χ0v) is 44.8. The Kier molecular flexibility index (Phi) is 53.4. The fourth-order valence-electron chi connectivity index (χ4n) is 7.41. The molecule has 0 aromatic carbocycles. The van der Waals surface area contributed by atoms with Crippen LogP contribution < -0.4 is 0 Å². The van der Waals surface area contributed by atoms with Crippen molar-refractivity contribution in [2.45, 2.75) is 258 Å². The van der Waals surface area contributed by atoms with Crippen LogP contribution in [-0.2, 0) is 28.6 Å². The summed E-state index contributed by atoms with van der Waals surface area (Å²) in [4.78, 5) is 38.1. The molecule has 6 heteroatoms. The molecule has 1 atom stereocenters. The van der Waals surface area contributed by atoms with Crippen molar-refractivity contribution in [2.24, 2.45) is 0 Å². The van der Waals surface area contributed by atoms with Crippen molar-refractivity contribution >= 4 is 17.9 Å². The molecule has 0 aliphatic heterocycles. The molecule has 0 unspecified atom stereocenters. The van der Waals surface area contributed by atoms with Gasteiger partial charge < -0.3 is 14.2 Å². The Morgan fingerprint density at radius 3 is 0.913 bits per heavy atom. The van der Waals surface area contributed by atoms with Crippen molar-refractivity contribution in [2.75, 3.05) is 13.2 Å². The summed E-state index contributed by atoms with van der Waals surface area (Å²) >= 11 is 0. The Labute approximate surface area is 425 Å². The van der Waals surface area contributed by atoms with Crippen LogP contribution in [0.15, 0.2) is 109 Å². The Bertz CT molecular complexity index is 1420. The molecule has 0 aromatic heterocycles. The third-order valence-corrected chi connectivity index (χ3v) is 11.7. The number of hydrogen-bond acceptors (Lipinski definition) is 6. The average molecular weight is 958 g/mol. The van der Waals surface area contributed by atoms with Crippen LogP contribution in [0, 0.1) is 0 Å². The van der Waals surface area contributed by atoms with E-state index in [1.165, 1.54) is 103 Å². The summed E-state index contributed by atoms with van der Waals surface area (Å²) in [6.07, 6.45) is 76.5. The minimum absolute atomic E-state index is 0.116. The molecule has 0 aliphatic carbocycles. The lowest BCUT2D eigenvalue weighted by Gasteiger charge is -2.18. The smallest absolute Gasteiger partial charge is 0.306 e. The standard InChI is InChI=1S/C63H104O6/c1-4-7-10-13-16-19-22-25-28-30-31-33-35-38-41-44-47-50-53-56-62(65)68-59-60(58-67-61(64)55-52-49-46-43-40-37-34-27-24-21-18-15-12-9-6-3)69-63(66)57-54-51-48-45-42-39-36-32-29-26-23-20-17-14-11-8-5-2/h16-17,19-20,25-29,31,33-34,36,38-39,41,45,48,60H,4-15,18,21-24,30,32,35,37,40,42-44,46-47,49-59H2,1-3H3/b19-16-,20-17-,28-25-,29-26-,33-31-,34-27-,39-36-,41-38-,48-45-/t60-/m0/s1. The van der Waals surface area contributed by atoms with E-state index in [9.17, 15) is 14.4 Å². The van der Waals surface area contributed by atoms with Crippen LogP contribution in [0.5, 0.6) is 0 Å². The van der Waals surface area contributed by atoms with E-state index in [0.29, 0.717) is 19.3 Å². The SMILES string of the molecule is CCCCC/C=C\C/C=C\C/C=C\C/C=C\CCCCCC(=O)OC[C@H](COC(=O)CCCCCCC/C=C\CCCCCCCC)OC(=O)CCC/C=C\C/C=C\C/C=C\C/C=C\CCCCC. The van der Waals surface area contributed by atoms with E-state index < -0.39 is 6.10 Å². The van der Waals surface area contributed by atoms with Gasteiger partial charge in [0.25, 0.3) is 0 Å². The van der Waals surface area contributed by atoms with Crippen molar-refractivity contribution in [1.29, 1.82) is 0 Å². The molecule has 0 rings (SSSR count). The monoisotopic (exact) mass is 957 g/mol. The summed E-state index contributed by atoms with van der Waals surface area (Å²) in [7, 11) is 0. The van der Waals surface area contributed by atoms with Crippen LogP contribution >= 0.6 is 0 Å². The number of allylic oxidation sites excluding steroid dienone is 18. The molecular weight excluding hydrogens is 853 g/mol. The molecule has 69 heavy (non-hydrogen) atoms. The van der Waals surface area contributed by atoms with E-state index in [1.54, 1.807) is 0 Å². The van der Waals surface area contributed by atoms with E-state index in [0.717, 1.165) is 103 Å². The topological polar surface area (TPSA) is 78.9 Å². The fraction of sp³-hybridized carbons (Fsp3) is 0.667. The van der Waals surface area contributed by atoms with Crippen molar-refractivity contribution in [3.63, 3.8) is 0 Å². The highest BCUT2D eigenvalue weighted by molar-refractivity contribution is 5.71. The first-order valence-electron chi connectivity index (χ1n) is 28.4. The van der Waals surface area contributed by atoms with E-state index in [1.807, 2.05) is 0 Å². The van der Waals surface area contributed by atoms with Gasteiger partial charge in [0, 0.05) is 19.3 Å². The molecular formula is C63H104O6. The molecule has 392 valence electrons. The summed E-state index contributed by atoms with van der Waals surface area (Å²) < 4.78 is 16.8. The number of carbonyl (C=O) groups excluding carboxylic acids is 3. The quantitative estimate of drug-likeness (QED) is 0.0262. The third kappa shape index (κ3) is 54.9. The Morgan fingerprint density at radius 1 is 0.290 bits per heavy atom. The largest absolute Gasteiger partial charge is 0.462 e. The Hall–Kier alpha value is -3.93. The fourth-order valence-corrected chi connectivity index (χ4v) is 7.41. The van der Waals surface area contributed by atoms with Crippen LogP contribution in [0.25, 0.3) is 0 Å². The number of hydrogen-bond donors (Lipinski definition) is 0. The first kappa shape index (κ1) is 65.1. The van der Waals surface area contributed by atoms with Gasteiger partial charge in [-0.2, -0.15) is 0 Å². The molecule has 0 saturated heterocycles. The molecule has 0 aliphatic rings. The van der Waals surface area contributed by atoms with Gasteiger partial charge in [0.1, 0.15) is 13.2 Å². The van der Waals surface area contributed by atoms with E-state index in [4.69, 9.17) is 14.2 Å². The highest BCUT2D eigenvalue weighted by Gasteiger charge is 2.19. The highest BCUT2D eigenvalue weighted by atomic mass is 16.6. The molecule has 0 aromatic rings. The first-order chi connectivity index (χ1) is 34.0. The zero-order valence-electron chi connectivity index (χ0n) is 44.8. The van der Waals surface area contributed by atoms with Gasteiger partial charge >= 0.3 is 17.9 Å². The lowest BCUT2D eigenvalue weighted by molar-refractivity contribution is -0.167. The number of esters is 3. The molecule has 0 fully saturated rings. The maximum atomic E-state index is 12.8. The van der Waals surface area contributed by atoms with Gasteiger partial charge in [-0.05, 0) is 128 Å². The molecule has 0 amide bonds. The maximum Gasteiger partial charge on any atom is 0.306 e. The summed E-state index contributed by atoms with van der Waals surface area (Å²) in [6.45, 7) is 6.49. The zero-order chi connectivity index (χ0) is 50.0. The normalized spacial score (nSPS) is 12.9. The van der Waals surface area contributed by atoms with E-state index in [-0.39, 0.29) is 37.5 Å². The van der Waals surface area contributed by atoms with Gasteiger partial charge in [-0.15, -0.1) is 0 Å². The van der Waals surface area contributed by atoms with Crippen LogP contribution in [0.2, 0.25) is 0 Å². The molecule has 0 heterocycles.